The molecule has 0 aliphatic carbocycles. The fourth-order valence-electron chi connectivity index (χ4n) is 1.37. The lowest BCUT2D eigenvalue weighted by Gasteiger charge is -2.19. The Morgan fingerprint density at radius 2 is 1.95 bits per heavy atom. The van der Waals surface area contributed by atoms with E-state index in [4.69, 9.17) is 21.1 Å². The molecule has 0 amide bonds. The number of carbonyl (C=O) groups excluding carboxylic acids is 1. The molecular formula is C12H14ClF3N2O4. The Labute approximate surface area is 128 Å². The Morgan fingerprint density at radius 1 is 1.36 bits per heavy atom. The average Bonchev–Trinajstić information content (AvgIpc) is 2.29. The summed E-state index contributed by atoms with van der Waals surface area (Å²) in [6.45, 7) is 2.62. The molecule has 0 aromatic carbocycles. The monoisotopic (exact) mass is 342 g/mol. The van der Waals surface area contributed by atoms with E-state index in [1.54, 1.807) is 20.8 Å². The number of alkyl halides is 3. The van der Waals surface area contributed by atoms with E-state index in [1.807, 2.05) is 0 Å². The van der Waals surface area contributed by atoms with Crippen LogP contribution in [0.25, 0.3) is 0 Å². The summed E-state index contributed by atoms with van der Waals surface area (Å²) in [5, 5.41) is 2.97. The molecule has 0 N–H and O–H groups in total. The number of esters is 1. The van der Waals surface area contributed by atoms with Gasteiger partial charge in [-0.25, -0.2) is 9.48 Å². The highest BCUT2D eigenvalue weighted by atomic mass is 35.5. The Kier molecular flexibility index (Phi) is 5.44. The minimum Gasteiger partial charge on any atom is -0.475 e. The maximum Gasteiger partial charge on any atom is 0.408 e. The van der Waals surface area contributed by atoms with Gasteiger partial charge in [0.2, 0.25) is 5.75 Å². The van der Waals surface area contributed by atoms with Crippen LogP contribution in [-0.4, -0.2) is 34.1 Å². The number of hydrogen-bond acceptors (Lipinski definition) is 5. The van der Waals surface area contributed by atoms with Crippen molar-refractivity contribution in [1.82, 2.24) is 9.78 Å². The molecule has 124 valence electrons. The molecule has 0 fully saturated rings. The maximum atomic E-state index is 12.3. The van der Waals surface area contributed by atoms with E-state index in [9.17, 15) is 22.8 Å². The minimum atomic E-state index is -4.63. The number of halogens is 4. The van der Waals surface area contributed by atoms with E-state index in [-0.39, 0.29) is 9.70 Å². The lowest BCUT2D eigenvalue weighted by Crippen LogP contribution is -2.32. The summed E-state index contributed by atoms with van der Waals surface area (Å²) in [6, 6.07) is 0. The van der Waals surface area contributed by atoms with Crippen LogP contribution in [0.3, 0.4) is 0 Å². The predicted octanol–water partition coefficient (Wildman–Crippen LogP) is 2.18. The third kappa shape index (κ3) is 5.92. The van der Waals surface area contributed by atoms with E-state index in [0.717, 1.165) is 6.20 Å². The standard InChI is InChI=1S/C12H14ClF3N2O4/c1-11(2,3)22-8(19)5-21-9-7(13)4-17-18(10(9)20)6-12(14,15)16/h4H,5-6H2,1-3H3. The van der Waals surface area contributed by atoms with E-state index in [0.29, 0.717) is 0 Å². The van der Waals surface area contributed by atoms with Crippen LogP contribution in [0.5, 0.6) is 5.75 Å². The van der Waals surface area contributed by atoms with Gasteiger partial charge in [0.05, 0.1) is 6.20 Å². The molecule has 0 unspecified atom stereocenters. The molecule has 0 atom stereocenters. The van der Waals surface area contributed by atoms with Gasteiger partial charge in [-0.1, -0.05) is 11.6 Å². The van der Waals surface area contributed by atoms with Crippen molar-refractivity contribution in [3.05, 3.63) is 21.6 Å². The molecule has 0 bridgehead atoms. The molecule has 10 heteroatoms. The second-order valence-electron chi connectivity index (χ2n) is 5.27. The van der Waals surface area contributed by atoms with Gasteiger partial charge in [0.1, 0.15) is 17.2 Å². The van der Waals surface area contributed by atoms with Crippen LogP contribution in [0.15, 0.2) is 11.0 Å². The summed E-state index contributed by atoms with van der Waals surface area (Å²) in [5.41, 5.74) is -1.95. The van der Waals surface area contributed by atoms with Crippen molar-refractivity contribution in [2.45, 2.75) is 39.1 Å². The maximum absolute atomic E-state index is 12.3. The molecule has 0 saturated carbocycles. The summed E-state index contributed by atoms with van der Waals surface area (Å²) >= 11 is 5.66. The van der Waals surface area contributed by atoms with E-state index < -0.39 is 42.2 Å². The first kappa shape index (κ1) is 18.3. The van der Waals surface area contributed by atoms with Gasteiger partial charge in [0.25, 0.3) is 0 Å². The molecule has 0 saturated heterocycles. The summed E-state index contributed by atoms with van der Waals surface area (Å²) in [7, 11) is 0. The molecule has 0 spiro atoms. The Bertz CT molecular complexity index is 608. The van der Waals surface area contributed by atoms with E-state index in [1.165, 1.54) is 0 Å². The van der Waals surface area contributed by atoms with Gasteiger partial charge in [-0.3, -0.25) is 4.79 Å². The number of rotatable bonds is 4. The van der Waals surface area contributed by atoms with Gasteiger partial charge in [0, 0.05) is 0 Å². The first-order valence-electron chi connectivity index (χ1n) is 6.06. The lowest BCUT2D eigenvalue weighted by molar-refractivity contribution is -0.157. The summed E-state index contributed by atoms with van der Waals surface area (Å²) in [6.07, 6.45) is -3.80. The third-order valence-corrected chi connectivity index (χ3v) is 2.31. The normalized spacial score (nSPS) is 12.1. The number of hydrogen-bond donors (Lipinski definition) is 0. The first-order valence-corrected chi connectivity index (χ1v) is 6.44. The van der Waals surface area contributed by atoms with Crippen molar-refractivity contribution in [3.63, 3.8) is 0 Å². The van der Waals surface area contributed by atoms with Crippen LogP contribution in [0, 0.1) is 0 Å². The van der Waals surface area contributed by atoms with Crippen molar-refractivity contribution < 1.29 is 27.4 Å². The topological polar surface area (TPSA) is 70.4 Å². The SMILES string of the molecule is CC(C)(C)OC(=O)COc1c(Cl)cnn(CC(F)(F)F)c1=O. The third-order valence-electron chi connectivity index (χ3n) is 2.04. The summed E-state index contributed by atoms with van der Waals surface area (Å²) in [5.74, 6) is -1.38. The van der Waals surface area contributed by atoms with E-state index in [2.05, 4.69) is 5.10 Å². The quantitative estimate of drug-likeness (QED) is 0.784. The lowest BCUT2D eigenvalue weighted by atomic mass is 10.2. The molecule has 1 heterocycles. The fourth-order valence-corrected chi connectivity index (χ4v) is 1.55. The van der Waals surface area contributed by atoms with Gasteiger partial charge in [-0.15, -0.1) is 0 Å². The highest BCUT2D eigenvalue weighted by molar-refractivity contribution is 6.31. The number of ether oxygens (including phenoxy) is 2. The Hall–Kier alpha value is -1.77. The highest BCUT2D eigenvalue weighted by Crippen LogP contribution is 2.20. The predicted molar refractivity (Wildman–Crippen MR) is 70.9 cm³/mol. The van der Waals surface area contributed by atoms with E-state index >= 15 is 0 Å². The molecular weight excluding hydrogens is 329 g/mol. The van der Waals surface area contributed by atoms with Crippen molar-refractivity contribution in [2.75, 3.05) is 6.61 Å². The molecule has 1 aromatic heterocycles. The zero-order chi connectivity index (χ0) is 17.1. The van der Waals surface area contributed by atoms with Crippen molar-refractivity contribution in [3.8, 4) is 5.75 Å². The summed E-state index contributed by atoms with van der Waals surface area (Å²) < 4.78 is 46.9. The molecule has 0 radical (unpaired) electrons. The van der Waals surface area contributed by atoms with Crippen LogP contribution >= 0.6 is 11.6 Å². The van der Waals surface area contributed by atoms with Gasteiger partial charge >= 0.3 is 17.7 Å². The van der Waals surface area contributed by atoms with Crippen LogP contribution in [0.1, 0.15) is 20.8 Å². The Balaban J connectivity index is 2.89. The number of carbonyl (C=O) groups is 1. The number of aromatic nitrogens is 2. The van der Waals surface area contributed by atoms with Crippen molar-refractivity contribution in [1.29, 1.82) is 0 Å². The van der Waals surface area contributed by atoms with Crippen LogP contribution in [0.2, 0.25) is 5.02 Å². The number of nitrogens with zero attached hydrogens (tertiary/aromatic N) is 2. The second-order valence-corrected chi connectivity index (χ2v) is 5.68. The van der Waals surface area contributed by atoms with Crippen LogP contribution in [0.4, 0.5) is 13.2 Å². The molecule has 1 aromatic rings. The Morgan fingerprint density at radius 3 is 2.45 bits per heavy atom. The van der Waals surface area contributed by atoms with Crippen LogP contribution in [-0.2, 0) is 16.1 Å². The molecule has 6 nitrogen and oxygen atoms in total. The van der Waals surface area contributed by atoms with Crippen molar-refractivity contribution >= 4 is 17.6 Å². The van der Waals surface area contributed by atoms with Gasteiger partial charge < -0.3 is 9.47 Å². The summed E-state index contributed by atoms with van der Waals surface area (Å²) in [4.78, 5) is 23.3. The van der Waals surface area contributed by atoms with Gasteiger partial charge in [0.15, 0.2) is 6.61 Å². The van der Waals surface area contributed by atoms with Crippen molar-refractivity contribution in [2.24, 2.45) is 0 Å². The van der Waals surface area contributed by atoms with Gasteiger partial charge in [-0.2, -0.15) is 18.3 Å². The first-order chi connectivity index (χ1) is 9.89. The van der Waals surface area contributed by atoms with Crippen LogP contribution < -0.4 is 10.3 Å². The largest absolute Gasteiger partial charge is 0.475 e. The second kappa shape index (κ2) is 6.55. The molecule has 22 heavy (non-hydrogen) atoms. The fraction of sp³-hybridized carbons (Fsp3) is 0.583. The highest BCUT2D eigenvalue weighted by Gasteiger charge is 2.30. The average molecular weight is 343 g/mol. The zero-order valence-electron chi connectivity index (χ0n) is 12.0. The molecule has 0 aliphatic rings. The smallest absolute Gasteiger partial charge is 0.408 e. The minimum absolute atomic E-state index is 0.149. The molecule has 1 rings (SSSR count). The van der Waals surface area contributed by atoms with Gasteiger partial charge in [-0.05, 0) is 20.8 Å². The molecule has 0 aliphatic heterocycles. The zero-order valence-corrected chi connectivity index (χ0v) is 12.8.